The average Bonchev–Trinajstić information content (AvgIpc) is 3.35. The lowest BCUT2D eigenvalue weighted by molar-refractivity contribution is -0.274. The third kappa shape index (κ3) is 7.20. The van der Waals surface area contributed by atoms with Gasteiger partial charge in [-0.1, -0.05) is 24.3 Å². The van der Waals surface area contributed by atoms with E-state index >= 15 is 0 Å². The van der Waals surface area contributed by atoms with Crippen molar-refractivity contribution in [2.24, 2.45) is 5.10 Å². The van der Waals surface area contributed by atoms with Crippen LogP contribution in [-0.2, 0) is 0 Å². The molecule has 2 aromatic carbocycles. The molecular weight excluding hydrogens is 507 g/mol. The van der Waals surface area contributed by atoms with Gasteiger partial charge in [0.1, 0.15) is 12.1 Å². The Morgan fingerprint density at radius 1 is 1.03 bits per heavy atom. The van der Waals surface area contributed by atoms with E-state index in [9.17, 15) is 13.2 Å². The van der Waals surface area contributed by atoms with Gasteiger partial charge < -0.3 is 15.0 Å². The summed E-state index contributed by atoms with van der Waals surface area (Å²) in [6.45, 7) is 0. The Morgan fingerprint density at radius 3 is 2.32 bits per heavy atom. The van der Waals surface area contributed by atoms with Crippen molar-refractivity contribution in [2.45, 2.75) is 6.36 Å². The van der Waals surface area contributed by atoms with Gasteiger partial charge in [0.15, 0.2) is 10.9 Å². The number of aromatic nitrogens is 5. The Hall–Kier alpha value is -4.59. The molecule has 0 fully saturated rings. The van der Waals surface area contributed by atoms with Gasteiger partial charge in [0.25, 0.3) is 0 Å². The molecule has 0 radical (unpaired) electrons. The molecule has 0 aliphatic rings. The maximum absolute atomic E-state index is 12.3. The van der Waals surface area contributed by atoms with Gasteiger partial charge in [-0.05, 0) is 42.0 Å². The van der Waals surface area contributed by atoms with Gasteiger partial charge in [-0.3, -0.25) is 5.43 Å². The molecule has 0 atom stereocenters. The molecule has 0 saturated heterocycles. The Balaban J connectivity index is 1.32. The van der Waals surface area contributed by atoms with Crippen molar-refractivity contribution in [3.63, 3.8) is 0 Å². The molecule has 2 heterocycles. The van der Waals surface area contributed by atoms with E-state index < -0.39 is 6.36 Å². The van der Waals surface area contributed by atoms with Crippen LogP contribution >= 0.6 is 12.2 Å². The second-order valence-electron chi connectivity index (χ2n) is 7.67. The van der Waals surface area contributed by atoms with E-state index in [2.05, 4.69) is 40.6 Å². The maximum atomic E-state index is 12.3. The number of halogens is 3. The standard InChI is InChI=1S/C23H20F3N9OS/c1-34(2)21-27-12-17(13-28-21)31-22(37)32-30-11-15-3-5-16(6-4-15)20-29-14-35(33-20)18-7-9-19(10-8-18)36-23(24,25)26/h3-14H,1-2H3,(H2,31,32,37). The van der Waals surface area contributed by atoms with Crippen LogP contribution in [0.3, 0.4) is 0 Å². The van der Waals surface area contributed by atoms with Crippen LogP contribution in [0.25, 0.3) is 17.1 Å². The van der Waals surface area contributed by atoms with E-state index in [1.54, 1.807) is 23.5 Å². The molecule has 2 aromatic heterocycles. The van der Waals surface area contributed by atoms with Crippen LogP contribution in [0, 0.1) is 0 Å². The summed E-state index contributed by atoms with van der Waals surface area (Å²) < 4.78 is 42.3. The van der Waals surface area contributed by atoms with Crippen molar-refractivity contribution < 1.29 is 17.9 Å². The third-order valence-corrected chi connectivity index (χ3v) is 4.86. The van der Waals surface area contributed by atoms with Crippen LogP contribution in [0.5, 0.6) is 5.75 Å². The number of benzene rings is 2. The number of hydrazone groups is 1. The van der Waals surface area contributed by atoms with Gasteiger partial charge in [-0.25, -0.2) is 19.6 Å². The lowest BCUT2D eigenvalue weighted by Crippen LogP contribution is -2.24. The highest BCUT2D eigenvalue weighted by Gasteiger charge is 2.31. The Kier molecular flexibility index (Phi) is 7.57. The molecule has 0 unspecified atom stereocenters. The van der Waals surface area contributed by atoms with Crippen LogP contribution in [0.1, 0.15) is 5.56 Å². The summed E-state index contributed by atoms with van der Waals surface area (Å²) >= 11 is 5.22. The SMILES string of the molecule is CN(C)c1ncc(NC(=S)NN=Cc2ccc(-c3ncn(-c4ccc(OC(F)(F)F)cc4)n3)cc2)cn1. The summed E-state index contributed by atoms with van der Waals surface area (Å²) in [7, 11) is 3.70. The van der Waals surface area contributed by atoms with Crippen molar-refractivity contribution in [1.82, 2.24) is 30.2 Å². The molecule has 14 heteroatoms. The smallest absolute Gasteiger partial charge is 0.406 e. The number of thiocarbonyl (C=S) groups is 1. The van der Waals surface area contributed by atoms with Gasteiger partial charge in [-0.15, -0.1) is 18.3 Å². The summed E-state index contributed by atoms with van der Waals surface area (Å²) in [5.41, 5.74) is 5.44. The molecular formula is C23H20F3N9OS. The zero-order valence-electron chi connectivity index (χ0n) is 19.5. The summed E-state index contributed by atoms with van der Waals surface area (Å²) in [6.07, 6.45) is 1.56. The Morgan fingerprint density at radius 2 is 1.70 bits per heavy atom. The number of alkyl halides is 3. The zero-order valence-corrected chi connectivity index (χ0v) is 20.3. The predicted molar refractivity (Wildman–Crippen MR) is 137 cm³/mol. The van der Waals surface area contributed by atoms with Gasteiger partial charge >= 0.3 is 6.36 Å². The van der Waals surface area contributed by atoms with E-state index in [4.69, 9.17) is 12.2 Å². The number of hydrogen-bond donors (Lipinski definition) is 2. The van der Waals surface area contributed by atoms with Crippen LogP contribution in [-0.4, -0.2) is 56.5 Å². The van der Waals surface area contributed by atoms with Crippen molar-refractivity contribution in [3.8, 4) is 22.8 Å². The molecule has 0 spiro atoms. The first-order chi connectivity index (χ1) is 17.7. The number of nitrogens with zero attached hydrogens (tertiary/aromatic N) is 7. The van der Waals surface area contributed by atoms with Crippen LogP contribution in [0.2, 0.25) is 0 Å². The quantitative estimate of drug-likeness (QED) is 0.210. The van der Waals surface area contributed by atoms with Gasteiger partial charge in [0.05, 0.1) is 30.0 Å². The van der Waals surface area contributed by atoms with Crippen LogP contribution in [0.15, 0.2) is 72.4 Å². The topological polar surface area (TPSA) is 105 Å². The lowest BCUT2D eigenvalue weighted by atomic mass is 10.1. The minimum Gasteiger partial charge on any atom is -0.406 e. The van der Waals surface area contributed by atoms with Crippen molar-refractivity contribution in [3.05, 3.63) is 72.8 Å². The molecule has 37 heavy (non-hydrogen) atoms. The minimum absolute atomic E-state index is 0.279. The molecule has 0 aliphatic heterocycles. The zero-order chi connectivity index (χ0) is 26.4. The molecule has 0 saturated carbocycles. The highest BCUT2D eigenvalue weighted by molar-refractivity contribution is 7.80. The lowest BCUT2D eigenvalue weighted by Gasteiger charge is -2.10. The van der Waals surface area contributed by atoms with Crippen molar-refractivity contribution in [2.75, 3.05) is 24.3 Å². The average molecular weight is 528 g/mol. The molecule has 4 rings (SSSR count). The molecule has 10 nitrogen and oxygen atoms in total. The highest BCUT2D eigenvalue weighted by Crippen LogP contribution is 2.24. The van der Waals surface area contributed by atoms with E-state index in [0.717, 1.165) is 11.1 Å². The number of hydrogen-bond acceptors (Lipinski definition) is 8. The molecule has 4 aromatic rings. The molecule has 0 aliphatic carbocycles. The van der Waals surface area contributed by atoms with Gasteiger partial charge in [0.2, 0.25) is 5.95 Å². The fourth-order valence-electron chi connectivity index (χ4n) is 2.98. The summed E-state index contributed by atoms with van der Waals surface area (Å²) in [4.78, 5) is 14.5. The summed E-state index contributed by atoms with van der Waals surface area (Å²) in [5.74, 6) is 0.721. The fraction of sp³-hybridized carbons (Fsp3) is 0.130. The number of anilines is 2. The number of ether oxygens (including phenoxy) is 1. The second kappa shape index (κ2) is 11.0. The van der Waals surface area contributed by atoms with Gasteiger partial charge in [-0.2, -0.15) is 5.10 Å². The molecule has 2 N–H and O–H groups in total. The minimum atomic E-state index is -4.74. The first-order valence-corrected chi connectivity index (χ1v) is 11.0. The van der Waals surface area contributed by atoms with Gasteiger partial charge in [0, 0.05) is 19.7 Å². The fourth-order valence-corrected chi connectivity index (χ4v) is 3.15. The molecule has 190 valence electrons. The maximum Gasteiger partial charge on any atom is 0.573 e. The Labute approximate surface area is 214 Å². The molecule has 0 amide bonds. The Bertz CT molecular complexity index is 1370. The van der Waals surface area contributed by atoms with Crippen LogP contribution in [0.4, 0.5) is 24.8 Å². The highest BCUT2D eigenvalue weighted by atomic mass is 32.1. The first-order valence-electron chi connectivity index (χ1n) is 10.6. The number of rotatable bonds is 7. The largest absolute Gasteiger partial charge is 0.573 e. The molecule has 0 bridgehead atoms. The van der Waals surface area contributed by atoms with E-state index in [1.165, 1.54) is 35.3 Å². The first kappa shape index (κ1) is 25.5. The predicted octanol–water partition coefficient (Wildman–Crippen LogP) is 4.01. The van der Waals surface area contributed by atoms with E-state index in [0.29, 0.717) is 23.1 Å². The van der Waals surface area contributed by atoms with E-state index in [-0.39, 0.29) is 10.9 Å². The summed E-state index contributed by atoms with van der Waals surface area (Å²) in [5, 5.41) is 11.7. The monoisotopic (exact) mass is 527 g/mol. The summed E-state index contributed by atoms with van der Waals surface area (Å²) in [6, 6.07) is 12.6. The van der Waals surface area contributed by atoms with E-state index in [1.807, 2.05) is 38.4 Å². The normalized spacial score (nSPS) is 11.4. The second-order valence-corrected chi connectivity index (χ2v) is 8.07. The van der Waals surface area contributed by atoms with Crippen molar-refractivity contribution >= 4 is 35.2 Å². The van der Waals surface area contributed by atoms with Crippen LogP contribution < -0.4 is 20.4 Å². The number of nitrogens with one attached hydrogen (secondary N) is 2. The van der Waals surface area contributed by atoms with Crippen molar-refractivity contribution in [1.29, 1.82) is 0 Å². The third-order valence-electron chi connectivity index (χ3n) is 4.67.